The molecule has 0 amide bonds. The number of hydrogen-bond donors (Lipinski definition) is 0. The molecule has 1 saturated carbocycles. The smallest absolute Gasteiger partial charge is 0.155 e. The highest BCUT2D eigenvalue weighted by Crippen LogP contribution is 2.52. The lowest BCUT2D eigenvalue weighted by molar-refractivity contribution is -0.392. The zero-order valence-electron chi connectivity index (χ0n) is 12.6. The first-order chi connectivity index (χ1) is 9.68. The quantitative estimate of drug-likeness (QED) is 0.553. The second-order valence-corrected chi connectivity index (χ2v) is 6.12. The predicted molar refractivity (Wildman–Crippen MR) is 77.4 cm³/mol. The normalized spacial score (nSPS) is 30.2. The summed E-state index contributed by atoms with van der Waals surface area (Å²) in [6, 6.07) is 8.75. The van der Waals surface area contributed by atoms with Crippen LogP contribution < -0.4 is 0 Å². The van der Waals surface area contributed by atoms with Crippen molar-refractivity contribution >= 4 is 0 Å². The van der Waals surface area contributed by atoms with Gasteiger partial charge in [-0.25, -0.2) is 9.78 Å². The number of hydrogen-bond acceptors (Lipinski definition) is 3. The monoisotopic (exact) mass is 276 g/mol. The maximum Gasteiger partial charge on any atom is 0.155 e. The van der Waals surface area contributed by atoms with Gasteiger partial charge in [0.1, 0.15) is 6.10 Å². The summed E-state index contributed by atoms with van der Waals surface area (Å²) in [5.74, 6) is 0.611. The van der Waals surface area contributed by atoms with Crippen LogP contribution in [0.15, 0.2) is 24.3 Å². The fourth-order valence-electron chi connectivity index (χ4n) is 2.66. The minimum atomic E-state index is -0.107. The van der Waals surface area contributed by atoms with Gasteiger partial charge in [-0.2, -0.15) is 0 Å². The molecule has 1 heterocycles. The Labute approximate surface area is 121 Å². The van der Waals surface area contributed by atoms with Gasteiger partial charge in [-0.15, -0.1) is 0 Å². The fourth-order valence-corrected chi connectivity index (χ4v) is 2.66. The average molecular weight is 276 g/mol. The molecule has 0 N–H and O–H groups in total. The lowest BCUT2D eigenvalue weighted by Gasteiger charge is -2.26. The van der Waals surface area contributed by atoms with E-state index in [1.165, 1.54) is 17.5 Å². The summed E-state index contributed by atoms with van der Waals surface area (Å²) >= 11 is 0. The van der Waals surface area contributed by atoms with E-state index in [-0.39, 0.29) is 17.8 Å². The van der Waals surface area contributed by atoms with Crippen LogP contribution in [0.3, 0.4) is 0 Å². The van der Waals surface area contributed by atoms with E-state index in [2.05, 4.69) is 45.0 Å². The molecule has 4 unspecified atom stereocenters. The number of ether oxygens (including phenoxy) is 1. The Balaban J connectivity index is 1.60. The van der Waals surface area contributed by atoms with E-state index in [4.69, 9.17) is 14.5 Å². The van der Waals surface area contributed by atoms with Crippen LogP contribution in [0.2, 0.25) is 0 Å². The number of fused-ring (bicyclic) bond motifs is 1. The number of rotatable bonds is 7. The van der Waals surface area contributed by atoms with Crippen LogP contribution in [0, 0.1) is 0 Å². The third-order valence-corrected chi connectivity index (χ3v) is 4.68. The molecule has 4 atom stereocenters. The summed E-state index contributed by atoms with van der Waals surface area (Å²) in [4.78, 5) is 11.3. The molecule has 0 spiro atoms. The topological polar surface area (TPSA) is 27.7 Å². The van der Waals surface area contributed by atoms with Crippen molar-refractivity contribution in [3.05, 3.63) is 35.4 Å². The maximum absolute atomic E-state index is 5.67. The zero-order chi connectivity index (χ0) is 14.2. The van der Waals surface area contributed by atoms with Crippen LogP contribution in [0.4, 0.5) is 0 Å². The first kappa shape index (κ1) is 14.1. The molecule has 0 radical (unpaired) electrons. The lowest BCUT2D eigenvalue weighted by Crippen LogP contribution is -2.37. The van der Waals surface area contributed by atoms with E-state index in [9.17, 15) is 0 Å². The highest BCUT2D eigenvalue weighted by molar-refractivity contribution is 5.26. The second kappa shape index (κ2) is 5.47. The molecule has 1 aromatic carbocycles. The molecule has 0 bridgehead atoms. The first-order valence-corrected chi connectivity index (χ1v) is 7.74. The Morgan fingerprint density at radius 2 is 1.90 bits per heavy atom. The third-order valence-electron chi connectivity index (χ3n) is 4.68. The molecule has 2 fully saturated rings. The summed E-state index contributed by atoms with van der Waals surface area (Å²) in [5, 5.41) is 0. The zero-order valence-corrected chi connectivity index (χ0v) is 12.6. The minimum Gasteiger partial charge on any atom is -0.372 e. The van der Waals surface area contributed by atoms with E-state index in [1.54, 1.807) is 0 Å². The molecule has 0 aromatic heterocycles. The molecule has 1 aliphatic carbocycles. The Morgan fingerprint density at radius 1 is 1.20 bits per heavy atom. The summed E-state index contributed by atoms with van der Waals surface area (Å²) in [6.45, 7) is 7.28. The first-order valence-electron chi connectivity index (χ1n) is 7.74. The fraction of sp³-hybridized carbons (Fsp3) is 0.647. The van der Waals surface area contributed by atoms with E-state index in [0.717, 1.165) is 12.8 Å². The van der Waals surface area contributed by atoms with Gasteiger partial charge >= 0.3 is 0 Å². The largest absolute Gasteiger partial charge is 0.372 e. The second-order valence-electron chi connectivity index (χ2n) is 6.12. The third kappa shape index (κ3) is 2.50. The highest BCUT2D eigenvalue weighted by atomic mass is 17.2. The molecule has 20 heavy (non-hydrogen) atoms. The molecular formula is C17H24O3. The lowest BCUT2D eigenvalue weighted by atomic mass is 9.96. The van der Waals surface area contributed by atoms with Crippen LogP contribution in [0.25, 0.3) is 0 Å². The van der Waals surface area contributed by atoms with Gasteiger partial charge in [-0.3, -0.25) is 0 Å². The Kier molecular flexibility index (Phi) is 3.85. The van der Waals surface area contributed by atoms with Crippen molar-refractivity contribution in [3.63, 3.8) is 0 Å². The summed E-state index contributed by atoms with van der Waals surface area (Å²) < 4.78 is 5.33. The Morgan fingerprint density at radius 3 is 2.35 bits per heavy atom. The Bertz CT molecular complexity index is 452. The molecule has 1 saturated heterocycles. The van der Waals surface area contributed by atoms with Gasteiger partial charge in [0.15, 0.2) is 5.60 Å². The highest BCUT2D eigenvalue weighted by Gasteiger charge is 2.67. The van der Waals surface area contributed by atoms with Crippen LogP contribution in [-0.2, 0) is 14.5 Å². The van der Waals surface area contributed by atoms with Crippen molar-refractivity contribution in [2.45, 2.75) is 63.8 Å². The molecule has 3 heteroatoms. The van der Waals surface area contributed by atoms with Crippen molar-refractivity contribution in [2.24, 2.45) is 0 Å². The standard InChI is InChI=1S/C17H24O3/c1-4-12(3)13-6-8-14(9-7-13)15(5-2)19-20-17-10-16(17)18-11-17/h6-9,12,15-16H,4-5,10-11H2,1-3H3. The molecule has 3 rings (SSSR count). The molecule has 1 aliphatic heterocycles. The van der Waals surface area contributed by atoms with Crippen LogP contribution in [0.1, 0.15) is 63.2 Å². The molecule has 1 aromatic rings. The molecule has 2 aliphatic rings. The van der Waals surface area contributed by atoms with E-state index >= 15 is 0 Å². The van der Waals surface area contributed by atoms with Crippen molar-refractivity contribution in [3.8, 4) is 0 Å². The summed E-state index contributed by atoms with van der Waals surface area (Å²) in [7, 11) is 0. The maximum atomic E-state index is 5.67. The van der Waals surface area contributed by atoms with Gasteiger partial charge in [0.2, 0.25) is 0 Å². The van der Waals surface area contributed by atoms with Crippen LogP contribution >= 0.6 is 0 Å². The van der Waals surface area contributed by atoms with Crippen LogP contribution in [-0.4, -0.2) is 18.3 Å². The van der Waals surface area contributed by atoms with E-state index in [0.29, 0.717) is 12.5 Å². The molecular weight excluding hydrogens is 252 g/mol. The Hall–Kier alpha value is -0.900. The van der Waals surface area contributed by atoms with Gasteiger partial charge in [-0.05, 0) is 29.9 Å². The molecule has 110 valence electrons. The van der Waals surface area contributed by atoms with Crippen molar-refractivity contribution < 1.29 is 14.5 Å². The van der Waals surface area contributed by atoms with Gasteiger partial charge in [-0.1, -0.05) is 45.0 Å². The molecule has 3 nitrogen and oxygen atoms in total. The van der Waals surface area contributed by atoms with Gasteiger partial charge < -0.3 is 4.74 Å². The van der Waals surface area contributed by atoms with Gasteiger partial charge in [0.05, 0.1) is 12.7 Å². The van der Waals surface area contributed by atoms with Crippen molar-refractivity contribution in [1.29, 1.82) is 0 Å². The van der Waals surface area contributed by atoms with Crippen LogP contribution in [0.5, 0.6) is 0 Å². The summed E-state index contributed by atoms with van der Waals surface area (Å²) in [6.07, 6.45) is 3.35. The minimum absolute atomic E-state index is 0.0113. The van der Waals surface area contributed by atoms with Crippen molar-refractivity contribution in [2.75, 3.05) is 6.61 Å². The van der Waals surface area contributed by atoms with E-state index < -0.39 is 0 Å². The average Bonchev–Trinajstić information content (AvgIpc) is 3.00. The van der Waals surface area contributed by atoms with Gasteiger partial charge in [0.25, 0.3) is 0 Å². The summed E-state index contributed by atoms with van der Waals surface area (Å²) in [5.41, 5.74) is 2.47. The van der Waals surface area contributed by atoms with Gasteiger partial charge in [0, 0.05) is 6.42 Å². The predicted octanol–water partition coefficient (Wildman–Crippen LogP) is 4.14. The number of benzene rings is 1. The van der Waals surface area contributed by atoms with E-state index in [1.807, 2.05) is 0 Å². The van der Waals surface area contributed by atoms with Crippen molar-refractivity contribution in [1.82, 2.24) is 0 Å². The SMILES string of the molecule is CCC(C)c1ccc(C(CC)OOC23COC2C3)cc1.